The lowest BCUT2D eigenvalue weighted by atomic mass is 10.0. The summed E-state index contributed by atoms with van der Waals surface area (Å²) in [6, 6.07) is 13.6. The number of benzene rings is 1. The monoisotopic (exact) mass is 350 g/mol. The summed E-state index contributed by atoms with van der Waals surface area (Å²) < 4.78 is 1.20. The molecule has 1 unspecified atom stereocenters. The fourth-order valence-electron chi connectivity index (χ4n) is 2.74. The third-order valence-electron chi connectivity index (χ3n) is 3.77. The molecule has 2 nitrogen and oxygen atoms in total. The fraction of sp³-hybridized carbons (Fsp3) is 0.375. The Balaban J connectivity index is 1.67. The number of rotatable bonds is 4. The van der Waals surface area contributed by atoms with Crippen LogP contribution in [0.5, 0.6) is 0 Å². The molecule has 1 aromatic carbocycles. The maximum Gasteiger partial charge on any atom is 0.0332 e. The van der Waals surface area contributed by atoms with Crippen molar-refractivity contribution in [2.45, 2.75) is 19.0 Å². The smallest absolute Gasteiger partial charge is 0.0332 e. The maximum absolute atomic E-state index is 3.55. The van der Waals surface area contributed by atoms with Crippen molar-refractivity contribution in [2.24, 2.45) is 0 Å². The van der Waals surface area contributed by atoms with Gasteiger partial charge in [0.05, 0.1) is 0 Å². The van der Waals surface area contributed by atoms with Crippen LogP contribution in [0.1, 0.15) is 10.4 Å². The van der Waals surface area contributed by atoms with Gasteiger partial charge in [-0.05, 0) is 34.0 Å². The lowest BCUT2D eigenvalue weighted by molar-refractivity contribution is 0.153. The van der Waals surface area contributed by atoms with Gasteiger partial charge in [-0.3, -0.25) is 4.90 Å². The molecule has 1 aromatic heterocycles. The third kappa shape index (κ3) is 3.70. The highest BCUT2D eigenvalue weighted by atomic mass is 79.9. The van der Waals surface area contributed by atoms with E-state index in [0.717, 1.165) is 32.6 Å². The number of piperazine rings is 1. The Labute approximate surface area is 132 Å². The number of nitrogens with one attached hydrogen (secondary N) is 1. The van der Waals surface area contributed by atoms with Crippen molar-refractivity contribution < 1.29 is 0 Å². The molecule has 0 aliphatic carbocycles. The quantitative estimate of drug-likeness (QED) is 0.907. The van der Waals surface area contributed by atoms with Gasteiger partial charge in [-0.2, -0.15) is 0 Å². The first-order valence-electron chi connectivity index (χ1n) is 7.03. The molecule has 1 atom stereocenters. The van der Waals surface area contributed by atoms with E-state index >= 15 is 0 Å². The Hall–Kier alpha value is -0.680. The fourth-order valence-corrected chi connectivity index (χ4v) is 4.21. The third-order valence-corrected chi connectivity index (χ3v) is 5.45. The molecule has 1 aliphatic heterocycles. The van der Waals surface area contributed by atoms with Crippen LogP contribution in [0.2, 0.25) is 0 Å². The van der Waals surface area contributed by atoms with Gasteiger partial charge < -0.3 is 5.32 Å². The molecule has 3 rings (SSSR count). The van der Waals surface area contributed by atoms with Gasteiger partial charge in [0.15, 0.2) is 0 Å². The summed E-state index contributed by atoms with van der Waals surface area (Å²) in [5, 5.41) is 5.70. The van der Waals surface area contributed by atoms with Gasteiger partial charge in [-0.1, -0.05) is 30.3 Å². The van der Waals surface area contributed by atoms with Crippen LogP contribution in [-0.4, -0.2) is 30.6 Å². The molecule has 1 saturated heterocycles. The first kappa shape index (κ1) is 14.3. The second-order valence-electron chi connectivity index (χ2n) is 5.25. The molecule has 0 saturated carbocycles. The predicted molar refractivity (Wildman–Crippen MR) is 89.2 cm³/mol. The second-order valence-corrected chi connectivity index (χ2v) is 7.16. The van der Waals surface area contributed by atoms with E-state index in [2.05, 4.69) is 67.9 Å². The summed E-state index contributed by atoms with van der Waals surface area (Å²) in [4.78, 5) is 4.05. The summed E-state index contributed by atoms with van der Waals surface area (Å²) in [5.74, 6) is 0. The first-order chi connectivity index (χ1) is 9.81. The predicted octanol–water partition coefficient (Wildman–Crippen LogP) is 3.53. The normalized spacial score (nSPS) is 20.1. The van der Waals surface area contributed by atoms with E-state index in [-0.39, 0.29) is 0 Å². The molecule has 2 heterocycles. The SMILES string of the molecule is Brc1csc(CN2CCNCC2Cc2ccccc2)c1. The lowest BCUT2D eigenvalue weighted by Crippen LogP contribution is -2.51. The van der Waals surface area contributed by atoms with Crippen LogP contribution in [0, 0.1) is 0 Å². The van der Waals surface area contributed by atoms with Crippen LogP contribution >= 0.6 is 27.3 Å². The van der Waals surface area contributed by atoms with Crippen molar-refractivity contribution in [3.05, 3.63) is 56.7 Å². The maximum atomic E-state index is 3.55. The molecule has 1 fully saturated rings. The molecule has 0 spiro atoms. The van der Waals surface area contributed by atoms with Crippen LogP contribution in [-0.2, 0) is 13.0 Å². The van der Waals surface area contributed by atoms with E-state index in [1.54, 1.807) is 0 Å². The molecule has 4 heteroatoms. The number of hydrogen-bond acceptors (Lipinski definition) is 3. The zero-order valence-corrected chi connectivity index (χ0v) is 13.8. The highest BCUT2D eigenvalue weighted by Gasteiger charge is 2.22. The minimum absolute atomic E-state index is 0.590. The first-order valence-corrected chi connectivity index (χ1v) is 8.70. The summed E-state index contributed by atoms with van der Waals surface area (Å²) >= 11 is 5.39. The van der Waals surface area contributed by atoms with Gasteiger partial charge in [-0.15, -0.1) is 11.3 Å². The molecule has 2 aromatic rings. The van der Waals surface area contributed by atoms with Crippen LogP contribution in [0.25, 0.3) is 0 Å². The van der Waals surface area contributed by atoms with Crippen LogP contribution in [0.15, 0.2) is 46.3 Å². The Morgan fingerprint density at radius 2 is 2.15 bits per heavy atom. The summed E-state index contributed by atoms with van der Waals surface area (Å²) in [6.45, 7) is 4.38. The molecule has 1 aliphatic rings. The van der Waals surface area contributed by atoms with Crippen molar-refractivity contribution in [3.63, 3.8) is 0 Å². The molecule has 1 N–H and O–H groups in total. The Morgan fingerprint density at radius 3 is 2.90 bits per heavy atom. The van der Waals surface area contributed by atoms with Gasteiger partial charge in [0.1, 0.15) is 0 Å². The molecule has 0 amide bonds. The van der Waals surface area contributed by atoms with Gasteiger partial charge in [0.2, 0.25) is 0 Å². The number of hydrogen-bond donors (Lipinski definition) is 1. The topological polar surface area (TPSA) is 15.3 Å². The molecule has 0 radical (unpaired) electrons. The van der Waals surface area contributed by atoms with Crippen LogP contribution in [0.4, 0.5) is 0 Å². The van der Waals surface area contributed by atoms with Crippen molar-refractivity contribution >= 4 is 27.3 Å². The molecule has 106 valence electrons. The van der Waals surface area contributed by atoms with Gasteiger partial charge in [-0.25, -0.2) is 0 Å². The van der Waals surface area contributed by atoms with Crippen molar-refractivity contribution in [1.82, 2.24) is 10.2 Å². The lowest BCUT2D eigenvalue weighted by Gasteiger charge is -2.36. The largest absolute Gasteiger partial charge is 0.314 e. The summed E-state index contributed by atoms with van der Waals surface area (Å²) in [5.41, 5.74) is 1.43. The van der Waals surface area contributed by atoms with Crippen molar-refractivity contribution in [3.8, 4) is 0 Å². The van der Waals surface area contributed by atoms with E-state index in [9.17, 15) is 0 Å². The average molecular weight is 351 g/mol. The van der Waals surface area contributed by atoms with E-state index in [1.807, 2.05) is 11.3 Å². The van der Waals surface area contributed by atoms with Crippen LogP contribution in [0.3, 0.4) is 0 Å². The number of thiophene rings is 1. The van der Waals surface area contributed by atoms with E-state index in [0.29, 0.717) is 6.04 Å². The molecular weight excluding hydrogens is 332 g/mol. The zero-order valence-electron chi connectivity index (χ0n) is 11.4. The van der Waals surface area contributed by atoms with E-state index in [4.69, 9.17) is 0 Å². The Kier molecular flexibility index (Phi) is 4.89. The highest BCUT2D eigenvalue weighted by molar-refractivity contribution is 9.10. The van der Waals surface area contributed by atoms with Gasteiger partial charge >= 0.3 is 0 Å². The Morgan fingerprint density at radius 1 is 1.30 bits per heavy atom. The van der Waals surface area contributed by atoms with Gasteiger partial charge in [0.25, 0.3) is 0 Å². The highest BCUT2D eigenvalue weighted by Crippen LogP contribution is 2.23. The average Bonchev–Trinajstić information content (AvgIpc) is 2.88. The minimum Gasteiger partial charge on any atom is -0.314 e. The van der Waals surface area contributed by atoms with E-state index < -0.39 is 0 Å². The second kappa shape index (κ2) is 6.85. The van der Waals surface area contributed by atoms with Crippen molar-refractivity contribution in [2.75, 3.05) is 19.6 Å². The summed E-state index contributed by atoms with van der Waals surface area (Å²) in [6.07, 6.45) is 1.13. The Bertz CT molecular complexity index is 540. The zero-order chi connectivity index (χ0) is 13.8. The molecular formula is C16H19BrN2S. The summed E-state index contributed by atoms with van der Waals surface area (Å²) in [7, 11) is 0. The van der Waals surface area contributed by atoms with E-state index in [1.165, 1.54) is 14.9 Å². The van der Waals surface area contributed by atoms with Crippen LogP contribution < -0.4 is 5.32 Å². The van der Waals surface area contributed by atoms with Gasteiger partial charge in [0, 0.05) is 47.0 Å². The minimum atomic E-state index is 0.590. The molecule has 20 heavy (non-hydrogen) atoms. The molecule has 0 bridgehead atoms. The van der Waals surface area contributed by atoms with Crippen molar-refractivity contribution in [1.29, 1.82) is 0 Å². The standard InChI is InChI=1S/C16H19BrN2S/c17-14-9-16(20-12-14)11-19-7-6-18-10-15(19)8-13-4-2-1-3-5-13/h1-5,9,12,15,18H,6-8,10-11H2. The number of nitrogens with zero attached hydrogens (tertiary/aromatic N) is 1. The number of halogens is 1.